The van der Waals surface area contributed by atoms with E-state index in [1.165, 1.54) is 4.90 Å². The van der Waals surface area contributed by atoms with Crippen molar-refractivity contribution < 1.29 is 4.74 Å². The molecule has 1 aliphatic rings. The highest BCUT2D eigenvalue weighted by Crippen LogP contribution is 2.32. The number of benzene rings is 2. The average molecular weight is 258 g/mol. The molecule has 0 amide bonds. The van der Waals surface area contributed by atoms with Crippen molar-refractivity contribution in [2.45, 2.75) is 4.90 Å². The van der Waals surface area contributed by atoms with Crippen LogP contribution in [0.15, 0.2) is 53.4 Å². The highest BCUT2D eigenvalue weighted by Gasteiger charge is 2.09. The topological polar surface area (TPSA) is 33.3 Å². The van der Waals surface area contributed by atoms with E-state index in [-0.39, 0.29) is 0 Å². The van der Waals surface area contributed by atoms with E-state index in [2.05, 4.69) is 22.2 Å². The molecule has 2 aromatic carbocycles. The van der Waals surface area contributed by atoms with Crippen LogP contribution in [-0.4, -0.2) is 13.1 Å². The molecular formula is C14H14N2OS. The number of hydrogen-bond acceptors (Lipinski definition) is 4. The van der Waals surface area contributed by atoms with E-state index in [0.717, 1.165) is 30.3 Å². The zero-order valence-corrected chi connectivity index (χ0v) is 10.7. The predicted octanol–water partition coefficient (Wildman–Crippen LogP) is 3.50. The summed E-state index contributed by atoms with van der Waals surface area (Å²) in [7, 11) is 0. The second-order valence-corrected chi connectivity index (χ2v) is 4.93. The van der Waals surface area contributed by atoms with Crippen molar-refractivity contribution in [3.8, 4) is 11.5 Å². The molecule has 2 aromatic rings. The van der Waals surface area contributed by atoms with Crippen LogP contribution >= 0.6 is 11.9 Å². The van der Waals surface area contributed by atoms with Crippen LogP contribution < -0.4 is 14.8 Å². The Morgan fingerprint density at radius 2 is 1.83 bits per heavy atom. The summed E-state index contributed by atoms with van der Waals surface area (Å²) in [6, 6.07) is 15.9. The smallest absolute Gasteiger partial charge is 0.128 e. The van der Waals surface area contributed by atoms with Gasteiger partial charge in [-0.05, 0) is 42.3 Å². The minimum absolute atomic E-state index is 0.858. The molecule has 0 fully saturated rings. The van der Waals surface area contributed by atoms with Crippen molar-refractivity contribution in [2.75, 3.05) is 18.4 Å². The molecule has 3 nitrogen and oxygen atoms in total. The van der Waals surface area contributed by atoms with Crippen LogP contribution in [0.5, 0.6) is 11.5 Å². The largest absolute Gasteiger partial charge is 0.457 e. The van der Waals surface area contributed by atoms with Gasteiger partial charge in [-0.2, -0.15) is 0 Å². The summed E-state index contributed by atoms with van der Waals surface area (Å²) in [6.45, 7) is 1.90. The number of hydrogen-bond donors (Lipinski definition) is 2. The third-order valence-electron chi connectivity index (χ3n) is 2.66. The highest BCUT2D eigenvalue weighted by molar-refractivity contribution is 7.97. The summed E-state index contributed by atoms with van der Waals surface area (Å²) in [5.41, 5.74) is 1.16. The quantitative estimate of drug-likeness (QED) is 0.808. The first-order valence-corrected chi connectivity index (χ1v) is 6.74. The predicted molar refractivity (Wildman–Crippen MR) is 75.3 cm³/mol. The number of anilines is 1. The molecule has 18 heavy (non-hydrogen) atoms. The van der Waals surface area contributed by atoms with Gasteiger partial charge in [-0.1, -0.05) is 18.2 Å². The Kier molecular flexibility index (Phi) is 3.39. The molecule has 4 heteroatoms. The molecule has 0 saturated heterocycles. The van der Waals surface area contributed by atoms with Gasteiger partial charge in [-0.25, -0.2) is 0 Å². The lowest BCUT2D eigenvalue weighted by Crippen LogP contribution is -2.12. The van der Waals surface area contributed by atoms with Crippen molar-refractivity contribution in [2.24, 2.45) is 0 Å². The van der Waals surface area contributed by atoms with Gasteiger partial charge in [0.2, 0.25) is 0 Å². The molecule has 0 spiro atoms. The number of nitrogens with one attached hydrogen (secondary N) is 2. The van der Waals surface area contributed by atoms with E-state index in [0.29, 0.717) is 0 Å². The number of ether oxygens (including phenoxy) is 1. The van der Waals surface area contributed by atoms with Crippen LogP contribution in [0.4, 0.5) is 5.69 Å². The molecule has 2 N–H and O–H groups in total. The Hall–Kier alpha value is -1.65. The molecule has 0 atom stereocenters. The Bertz CT molecular complexity index is 531. The third kappa shape index (κ3) is 2.60. The van der Waals surface area contributed by atoms with E-state index in [1.54, 1.807) is 11.9 Å². The summed E-state index contributed by atoms with van der Waals surface area (Å²) in [4.78, 5) is 1.17. The molecule has 92 valence electrons. The summed E-state index contributed by atoms with van der Waals surface area (Å²) in [6.07, 6.45) is 0. The first-order chi connectivity index (χ1) is 8.92. The molecule has 0 radical (unpaired) electrons. The van der Waals surface area contributed by atoms with E-state index in [9.17, 15) is 0 Å². The Balaban J connectivity index is 1.83. The van der Waals surface area contributed by atoms with Crippen molar-refractivity contribution in [3.05, 3.63) is 48.5 Å². The van der Waals surface area contributed by atoms with E-state index in [1.807, 2.05) is 36.4 Å². The van der Waals surface area contributed by atoms with Crippen LogP contribution in [0.1, 0.15) is 0 Å². The molecule has 1 heterocycles. The molecule has 0 aliphatic carbocycles. The first-order valence-electron chi connectivity index (χ1n) is 5.92. The third-order valence-corrected chi connectivity index (χ3v) is 3.56. The first kappa shape index (κ1) is 11.4. The number of para-hydroxylation sites is 1. The van der Waals surface area contributed by atoms with Gasteiger partial charge < -0.3 is 10.1 Å². The summed E-state index contributed by atoms with van der Waals surface area (Å²) >= 11 is 1.64. The Labute approximate surface area is 111 Å². The van der Waals surface area contributed by atoms with Gasteiger partial charge in [0, 0.05) is 23.7 Å². The molecule has 0 aromatic heterocycles. The normalized spacial score (nSPS) is 14.2. The maximum atomic E-state index is 5.82. The van der Waals surface area contributed by atoms with Gasteiger partial charge in [0.25, 0.3) is 0 Å². The van der Waals surface area contributed by atoms with Crippen molar-refractivity contribution in [1.29, 1.82) is 0 Å². The van der Waals surface area contributed by atoms with Crippen molar-refractivity contribution >= 4 is 17.6 Å². The summed E-state index contributed by atoms with van der Waals surface area (Å²) in [5, 5.41) is 3.38. The van der Waals surface area contributed by atoms with Crippen LogP contribution in [0.25, 0.3) is 0 Å². The molecule has 0 saturated carbocycles. The van der Waals surface area contributed by atoms with Crippen LogP contribution in [-0.2, 0) is 0 Å². The molecule has 0 bridgehead atoms. The van der Waals surface area contributed by atoms with Gasteiger partial charge >= 0.3 is 0 Å². The average Bonchev–Trinajstić information content (AvgIpc) is 2.64. The van der Waals surface area contributed by atoms with Gasteiger partial charge in [-0.3, -0.25) is 4.72 Å². The van der Waals surface area contributed by atoms with Crippen molar-refractivity contribution in [3.63, 3.8) is 0 Å². The lowest BCUT2D eigenvalue weighted by atomic mass is 10.3. The van der Waals surface area contributed by atoms with E-state index in [4.69, 9.17) is 4.74 Å². The monoisotopic (exact) mass is 258 g/mol. The minimum atomic E-state index is 0.858. The molecule has 1 aliphatic heterocycles. The Morgan fingerprint density at radius 1 is 0.944 bits per heavy atom. The van der Waals surface area contributed by atoms with Gasteiger partial charge in [0.1, 0.15) is 11.5 Å². The zero-order chi connectivity index (χ0) is 12.2. The maximum Gasteiger partial charge on any atom is 0.128 e. The summed E-state index contributed by atoms with van der Waals surface area (Å²) < 4.78 is 9.11. The standard InChI is InChI=1S/C14H14N2OS/c1-2-4-11(5-3-1)17-12-6-7-13-14(10-12)18-16-9-8-15-13/h1-7,10,15-16H,8-9H2. The second-order valence-electron chi connectivity index (χ2n) is 4.00. The van der Waals surface area contributed by atoms with E-state index < -0.39 is 0 Å². The summed E-state index contributed by atoms with van der Waals surface area (Å²) in [5.74, 6) is 1.72. The van der Waals surface area contributed by atoms with Gasteiger partial charge in [0.05, 0.1) is 0 Å². The fraction of sp³-hybridized carbons (Fsp3) is 0.143. The zero-order valence-electron chi connectivity index (χ0n) is 9.85. The number of rotatable bonds is 2. The lowest BCUT2D eigenvalue weighted by Gasteiger charge is -2.10. The molecule has 3 rings (SSSR count). The molecule has 0 unspecified atom stereocenters. The lowest BCUT2D eigenvalue weighted by molar-refractivity contribution is 0.481. The second kappa shape index (κ2) is 5.33. The Morgan fingerprint density at radius 3 is 2.72 bits per heavy atom. The fourth-order valence-corrected chi connectivity index (χ4v) is 2.58. The van der Waals surface area contributed by atoms with Gasteiger partial charge in [0.15, 0.2) is 0 Å². The van der Waals surface area contributed by atoms with Crippen LogP contribution in [0, 0.1) is 0 Å². The fourth-order valence-electron chi connectivity index (χ4n) is 1.80. The number of fused-ring (bicyclic) bond motifs is 1. The van der Waals surface area contributed by atoms with Crippen LogP contribution in [0.2, 0.25) is 0 Å². The van der Waals surface area contributed by atoms with Crippen LogP contribution in [0.3, 0.4) is 0 Å². The highest BCUT2D eigenvalue weighted by atomic mass is 32.2. The minimum Gasteiger partial charge on any atom is -0.457 e. The van der Waals surface area contributed by atoms with Crippen molar-refractivity contribution in [1.82, 2.24) is 4.72 Å². The maximum absolute atomic E-state index is 5.82. The van der Waals surface area contributed by atoms with Gasteiger partial charge in [-0.15, -0.1) is 0 Å². The SMILES string of the molecule is c1ccc(Oc2ccc3c(c2)SNCCN3)cc1. The van der Waals surface area contributed by atoms with E-state index >= 15 is 0 Å². The molecular weight excluding hydrogens is 244 g/mol.